The van der Waals surface area contributed by atoms with Crippen molar-refractivity contribution in [1.82, 2.24) is 14.5 Å². The zero-order valence-electron chi connectivity index (χ0n) is 12.0. The van der Waals surface area contributed by atoms with Crippen molar-refractivity contribution >= 4 is 26.8 Å². The summed E-state index contributed by atoms with van der Waals surface area (Å²) < 4.78 is 8.16. The summed E-state index contributed by atoms with van der Waals surface area (Å²) in [6.45, 7) is 0.573. The Morgan fingerprint density at radius 1 is 1.48 bits per heavy atom. The maximum Gasteiger partial charge on any atom is 0.261 e. The average Bonchev–Trinajstić information content (AvgIpc) is 3.03. The van der Waals surface area contributed by atoms with Crippen molar-refractivity contribution in [2.24, 2.45) is 5.92 Å². The van der Waals surface area contributed by atoms with Crippen LogP contribution in [-0.4, -0.2) is 27.7 Å². The van der Waals surface area contributed by atoms with E-state index in [0.29, 0.717) is 23.4 Å². The molecular weight excluding hydrogens is 334 g/mol. The molecule has 112 valence electrons. The molecule has 1 aliphatic carbocycles. The second kappa shape index (κ2) is 6.23. The smallest absolute Gasteiger partial charge is 0.261 e. The van der Waals surface area contributed by atoms with Gasteiger partial charge >= 0.3 is 0 Å². The molecule has 0 radical (unpaired) electrons. The van der Waals surface area contributed by atoms with Crippen molar-refractivity contribution in [1.29, 1.82) is 0 Å². The fraction of sp³-hybridized carbons (Fsp3) is 0.533. The van der Waals surface area contributed by atoms with Crippen LogP contribution in [0.4, 0.5) is 0 Å². The molecule has 2 aromatic rings. The molecule has 21 heavy (non-hydrogen) atoms. The van der Waals surface area contributed by atoms with E-state index in [1.165, 1.54) is 32.0 Å². The lowest BCUT2D eigenvalue weighted by Gasteiger charge is -2.23. The third-order valence-corrected chi connectivity index (χ3v) is 4.88. The monoisotopic (exact) mass is 351 g/mol. The van der Waals surface area contributed by atoms with Crippen LogP contribution in [0.15, 0.2) is 28.0 Å². The predicted molar refractivity (Wildman–Crippen MR) is 84.3 cm³/mol. The zero-order chi connectivity index (χ0) is 14.8. The van der Waals surface area contributed by atoms with Gasteiger partial charge in [-0.2, -0.15) is 0 Å². The van der Waals surface area contributed by atoms with E-state index in [1.807, 2.05) is 0 Å². The van der Waals surface area contributed by atoms with E-state index in [2.05, 4.69) is 25.9 Å². The van der Waals surface area contributed by atoms with Crippen LogP contribution < -0.4 is 5.56 Å². The fourth-order valence-corrected chi connectivity index (χ4v) is 3.73. The van der Waals surface area contributed by atoms with E-state index in [-0.39, 0.29) is 11.7 Å². The first-order valence-electron chi connectivity index (χ1n) is 7.22. The molecule has 1 saturated carbocycles. The SMILES string of the molecule is COC(Cn1cc(Br)c2ncncc2c1=O)C1CCCC1. The summed E-state index contributed by atoms with van der Waals surface area (Å²) in [6.07, 6.45) is 9.80. The normalized spacial score (nSPS) is 17.4. The lowest BCUT2D eigenvalue weighted by molar-refractivity contribution is 0.0401. The van der Waals surface area contributed by atoms with Crippen LogP contribution in [0.2, 0.25) is 0 Å². The highest BCUT2D eigenvalue weighted by Gasteiger charge is 2.25. The summed E-state index contributed by atoms with van der Waals surface area (Å²) in [4.78, 5) is 20.7. The molecule has 0 saturated heterocycles. The molecule has 1 atom stereocenters. The van der Waals surface area contributed by atoms with Gasteiger partial charge in [0.15, 0.2) is 0 Å². The van der Waals surface area contributed by atoms with Crippen molar-refractivity contribution in [2.75, 3.05) is 7.11 Å². The number of halogens is 1. The molecule has 5 nitrogen and oxygen atoms in total. The van der Waals surface area contributed by atoms with E-state index in [1.54, 1.807) is 24.1 Å². The van der Waals surface area contributed by atoms with E-state index >= 15 is 0 Å². The minimum atomic E-state index is -0.0613. The summed E-state index contributed by atoms with van der Waals surface area (Å²) in [6, 6.07) is 0. The lowest BCUT2D eigenvalue weighted by atomic mass is 10.0. The van der Waals surface area contributed by atoms with Gasteiger partial charge in [-0.15, -0.1) is 0 Å². The van der Waals surface area contributed by atoms with Gasteiger partial charge in [-0.25, -0.2) is 9.97 Å². The summed E-state index contributed by atoms with van der Waals surface area (Å²) in [5.41, 5.74) is 0.593. The predicted octanol–water partition coefficient (Wildman–Crippen LogP) is 2.76. The third-order valence-electron chi connectivity index (χ3n) is 4.30. The maximum atomic E-state index is 12.6. The fourth-order valence-electron chi connectivity index (χ4n) is 3.16. The third kappa shape index (κ3) is 2.87. The first-order valence-corrected chi connectivity index (χ1v) is 8.01. The number of hydrogen-bond donors (Lipinski definition) is 0. The van der Waals surface area contributed by atoms with Crippen molar-refractivity contribution in [3.05, 3.63) is 33.5 Å². The minimum absolute atomic E-state index is 0.0613. The Morgan fingerprint density at radius 3 is 2.95 bits per heavy atom. The molecule has 0 N–H and O–H groups in total. The van der Waals surface area contributed by atoms with Crippen LogP contribution in [0.1, 0.15) is 25.7 Å². The summed E-state index contributed by atoms with van der Waals surface area (Å²) in [7, 11) is 1.73. The molecular formula is C15H18BrN3O2. The Kier molecular flexibility index (Phi) is 4.35. The molecule has 0 aliphatic heterocycles. The van der Waals surface area contributed by atoms with Crippen molar-refractivity contribution in [3.63, 3.8) is 0 Å². The van der Waals surface area contributed by atoms with Gasteiger partial charge in [0.1, 0.15) is 6.33 Å². The van der Waals surface area contributed by atoms with Gasteiger partial charge in [0, 0.05) is 19.5 Å². The van der Waals surface area contributed by atoms with Crippen molar-refractivity contribution in [2.45, 2.75) is 38.3 Å². The molecule has 0 amide bonds. The largest absolute Gasteiger partial charge is 0.379 e. The number of methoxy groups -OCH3 is 1. The summed E-state index contributed by atoms with van der Waals surface area (Å²) >= 11 is 3.49. The molecule has 0 bridgehead atoms. The molecule has 1 fully saturated rings. The van der Waals surface area contributed by atoms with E-state index in [4.69, 9.17) is 4.74 Å². The quantitative estimate of drug-likeness (QED) is 0.849. The number of aromatic nitrogens is 3. The highest BCUT2D eigenvalue weighted by molar-refractivity contribution is 9.10. The summed E-state index contributed by atoms with van der Waals surface area (Å²) in [5, 5.41) is 0.535. The second-order valence-corrected chi connectivity index (χ2v) is 6.39. The molecule has 2 aromatic heterocycles. The van der Waals surface area contributed by atoms with Crippen molar-refractivity contribution < 1.29 is 4.74 Å². The van der Waals surface area contributed by atoms with E-state index < -0.39 is 0 Å². The van der Waals surface area contributed by atoms with Gasteiger partial charge in [-0.05, 0) is 34.7 Å². The lowest BCUT2D eigenvalue weighted by Crippen LogP contribution is -2.32. The Bertz CT molecular complexity index is 695. The molecule has 1 unspecified atom stereocenters. The molecule has 0 spiro atoms. The molecule has 2 heterocycles. The standard InChI is InChI=1S/C15H18BrN3O2/c1-21-13(10-4-2-3-5-10)8-19-7-12(16)14-11(15(19)20)6-17-9-18-14/h6-7,9-10,13H,2-5,8H2,1H3. The van der Waals surface area contributed by atoms with Crippen LogP contribution in [0.5, 0.6) is 0 Å². The van der Waals surface area contributed by atoms with Crippen LogP contribution in [-0.2, 0) is 11.3 Å². The molecule has 1 aliphatic rings. The molecule has 6 heteroatoms. The highest BCUT2D eigenvalue weighted by atomic mass is 79.9. The number of fused-ring (bicyclic) bond motifs is 1. The highest BCUT2D eigenvalue weighted by Crippen LogP contribution is 2.30. The van der Waals surface area contributed by atoms with Crippen LogP contribution >= 0.6 is 15.9 Å². The van der Waals surface area contributed by atoms with Crippen LogP contribution in [0.25, 0.3) is 10.9 Å². The van der Waals surface area contributed by atoms with E-state index in [9.17, 15) is 4.79 Å². The molecule has 0 aromatic carbocycles. The number of hydrogen-bond acceptors (Lipinski definition) is 4. The number of nitrogens with zero attached hydrogens (tertiary/aromatic N) is 3. The maximum absolute atomic E-state index is 12.6. The van der Waals surface area contributed by atoms with Gasteiger partial charge in [0.2, 0.25) is 0 Å². The Morgan fingerprint density at radius 2 is 2.24 bits per heavy atom. The zero-order valence-corrected chi connectivity index (χ0v) is 13.5. The first kappa shape index (κ1) is 14.7. The first-order chi connectivity index (χ1) is 10.2. The second-order valence-electron chi connectivity index (χ2n) is 5.54. The minimum Gasteiger partial charge on any atom is -0.379 e. The number of rotatable bonds is 4. The van der Waals surface area contributed by atoms with Gasteiger partial charge in [-0.1, -0.05) is 12.8 Å². The topological polar surface area (TPSA) is 57.0 Å². The average molecular weight is 352 g/mol. The number of pyridine rings is 1. The number of ether oxygens (including phenoxy) is 1. The Labute approximate surface area is 131 Å². The van der Waals surface area contributed by atoms with Gasteiger partial charge in [0.05, 0.1) is 28.0 Å². The summed E-state index contributed by atoms with van der Waals surface area (Å²) in [5.74, 6) is 0.545. The van der Waals surface area contributed by atoms with Gasteiger partial charge in [0.25, 0.3) is 5.56 Å². The Hall–Kier alpha value is -1.27. The van der Waals surface area contributed by atoms with Gasteiger partial charge < -0.3 is 9.30 Å². The van der Waals surface area contributed by atoms with Crippen LogP contribution in [0.3, 0.4) is 0 Å². The van der Waals surface area contributed by atoms with Crippen LogP contribution in [0, 0.1) is 5.92 Å². The molecule has 3 rings (SSSR count). The van der Waals surface area contributed by atoms with Gasteiger partial charge in [-0.3, -0.25) is 4.79 Å². The Balaban J connectivity index is 1.96. The van der Waals surface area contributed by atoms with E-state index in [0.717, 1.165) is 4.47 Å². The van der Waals surface area contributed by atoms with Crippen molar-refractivity contribution in [3.8, 4) is 0 Å².